The van der Waals surface area contributed by atoms with E-state index in [1.807, 2.05) is 31.2 Å². The highest BCUT2D eigenvalue weighted by Gasteiger charge is 2.38. The maximum absolute atomic E-state index is 12.2. The standard InChI is InChI=1S/C14H16F3NO2/c1-8-10-5-3-4-6-11(10)20-13(8)9(2)18-7-12(19)14(15,16)17/h3-6,9,12,18-19H,7H2,1-2H3. The largest absolute Gasteiger partial charge is 0.459 e. The molecule has 6 heteroatoms. The van der Waals surface area contributed by atoms with E-state index >= 15 is 0 Å². The van der Waals surface area contributed by atoms with E-state index in [2.05, 4.69) is 5.32 Å². The molecule has 2 N–H and O–H groups in total. The summed E-state index contributed by atoms with van der Waals surface area (Å²) in [5, 5.41) is 12.6. The van der Waals surface area contributed by atoms with Gasteiger partial charge in [-0.05, 0) is 25.5 Å². The number of furan rings is 1. The third-order valence-corrected chi connectivity index (χ3v) is 3.27. The Morgan fingerprint density at radius 3 is 2.55 bits per heavy atom. The van der Waals surface area contributed by atoms with Gasteiger partial charge in [-0.2, -0.15) is 13.2 Å². The van der Waals surface area contributed by atoms with E-state index in [1.165, 1.54) is 0 Å². The number of para-hydroxylation sites is 1. The van der Waals surface area contributed by atoms with Gasteiger partial charge in [-0.15, -0.1) is 0 Å². The SMILES string of the molecule is Cc1c(C(C)NCC(O)C(F)(F)F)oc2ccccc12. The van der Waals surface area contributed by atoms with E-state index < -0.39 is 24.9 Å². The molecule has 0 spiro atoms. The van der Waals surface area contributed by atoms with E-state index in [4.69, 9.17) is 9.52 Å². The smallest absolute Gasteiger partial charge is 0.415 e. The fourth-order valence-electron chi connectivity index (χ4n) is 2.10. The van der Waals surface area contributed by atoms with Crippen LogP contribution in [0.3, 0.4) is 0 Å². The molecule has 110 valence electrons. The Kier molecular flexibility index (Phi) is 4.06. The molecule has 0 amide bonds. The van der Waals surface area contributed by atoms with Crippen LogP contribution in [0.5, 0.6) is 0 Å². The van der Waals surface area contributed by atoms with Crippen molar-refractivity contribution >= 4 is 11.0 Å². The molecular formula is C14H16F3NO2. The van der Waals surface area contributed by atoms with Gasteiger partial charge in [-0.3, -0.25) is 0 Å². The Morgan fingerprint density at radius 2 is 1.95 bits per heavy atom. The van der Waals surface area contributed by atoms with Crippen LogP contribution in [0.2, 0.25) is 0 Å². The first kappa shape index (κ1) is 14.9. The number of hydrogen-bond acceptors (Lipinski definition) is 3. The zero-order valence-corrected chi connectivity index (χ0v) is 11.2. The number of aliphatic hydroxyl groups excluding tert-OH is 1. The first-order valence-corrected chi connectivity index (χ1v) is 6.27. The van der Waals surface area contributed by atoms with Crippen LogP contribution >= 0.6 is 0 Å². The van der Waals surface area contributed by atoms with Gasteiger partial charge in [0.25, 0.3) is 0 Å². The van der Waals surface area contributed by atoms with Gasteiger partial charge in [0.05, 0.1) is 6.04 Å². The van der Waals surface area contributed by atoms with Crippen molar-refractivity contribution in [2.75, 3.05) is 6.54 Å². The quantitative estimate of drug-likeness (QED) is 0.906. The average Bonchev–Trinajstić information content (AvgIpc) is 2.72. The number of aryl methyl sites for hydroxylation is 1. The van der Waals surface area contributed by atoms with Gasteiger partial charge in [-0.25, -0.2) is 0 Å². The van der Waals surface area contributed by atoms with Crippen LogP contribution in [0, 0.1) is 6.92 Å². The summed E-state index contributed by atoms with van der Waals surface area (Å²) in [4.78, 5) is 0. The zero-order chi connectivity index (χ0) is 14.9. The van der Waals surface area contributed by atoms with Crippen molar-refractivity contribution in [2.24, 2.45) is 0 Å². The van der Waals surface area contributed by atoms with Gasteiger partial charge >= 0.3 is 6.18 Å². The van der Waals surface area contributed by atoms with E-state index in [0.29, 0.717) is 11.3 Å². The van der Waals surface area contributed by atoms with Crippen molar-refractivity contribution in [1.29, 1.82) is 0 Å². The first-order chi connectivity index (χ1) is 9.30. The molecule has 0 saturated heterocycles. The van der Waals surface area contributed by atoms with Crippen molar-refractivity contribution in [2.45, 2.75) is 32.2 Å². The summed E-state index contributed by atoms with van der Waals surface area (Å²) in [5.74, 6) is 0.584. The summed E-state index contributed by atoms with van der Waals surface area (Å²) in [6, 6.07) is 7.00. The monoisotopic (exact) mass is 287 g/mol. The van der Waals surface area contributed by atoms with Gasteiger partial charge in [0.2, 0.25) is 0 Å². The highest BCUT2D eigenvalue weighted by atomic mass is 19.4. The number of rotatable bonds is 4. The highest BCUT2D eigenvalue weighted by molar-refractivity contribution is 5.82. The number of hydrogen-bond donors (Lipinski definition) is 2. The average molecular weight is 287 g/mol. The van der Waals surface area contributed by atoms with Crippen molar-refractivity contribution in [3.8, 4) is 0 Å². The molecule has 2 rings (SSSR count). The van der Waals surface area contributed by atoms with Crippen LogP contribution in [-0.2, 0) is 0 Å². The molecule has 0 aliphatic rings. The molecule has 0 fully saturated rings. The molecule has 0 saturated carbocycles. The first-order valence-electron chi connectivity index (χ1n) is 6.27. The molecule has 1 aromatic heterocycles. The molecule has 2 atom stereocenters. The van der Waals surface area contributed by atoms with Crippen LogP contribution in [0.1, 0.15) is 24.3 Å². The fourth-order valence-corrected chi connectivity index (χ4v) is 2.10. The van der Waals surface area contributed by atoms with Gasteiger partial charge in [0.15, 0.2) is 6.10 Å². The van der Waals surface area contributed by atoms with E-state index in [9.17, 15) is 13.2 Å². The molecule has 3 nitrogen and oxygen atoms in total. The van der Waals surface area contributed by atoms with Crippen molar-refractivity contribution in [1.82, 2.24) is 5.32 Å². The summed E-state index contributed by atoms with van der Waals surface area (Å²) < 4.78 is 42.4. The van der Waals surface area contributed by atoms with Crippen LogP contribution in [0.4, 0.5) is 13.2 Å². The predicted molar refractivity (Wildman–Crippen MR) is 69.4 cm³/mol. The Hall–Kier alpha value is -1.53. The van der Waals surface area contributed by atoms with E-state index in [1.54, 1.807) is 6.92 Å². The van der Waals surface area contributed by atoms with Crippen molar-refractivity contribution in [3.05, 3.63) is 35.6 Å². The molecule has 2 aromatic rings. The number of halogens is 3. The van der Waals surface area contributed by atoms with Crippen LogP contribution in [-0.4, -0.2) is 23.9 Å². The minimum atomic E-state index is -4.62. The lowest BCUT2D eigenvalue weighted by molar-refractivity contribution is -0.202. The minimum absolute atomic E-state index is 0.417. The molecule has 0 aliphatic carbocycles. The van der Waals surface area contributed by atoms with Gasteiger partial charge in [-0.1, -0.05) is 18.2 Å². The van der Waals surface area contributed by atoms with Gasteiger partial charge in [0, 0.05) is 11.9 Å². The maximum Gasteiger partial charge on any atom is 0.415 e. The molecule has 0 radical (unpaired) electrons. The van der Waals surface area contributed by atoms with Gasteiger partial charge < -0.3 is 14.8 Å². The summed E-state index contributed by atoms with van der Waals surface area (Å²) in [6.07, 6.45) is -7.00. The summed E-state index contributed by atoms with van der Waals surface area (Å²) in [6.45, 7) is 2.99. The zero-order valence-electron chi connectivity index (χ0n) is 11.2. The molecule has 1 heterocycles. The number of alkyl halides is 3. The highest BCUT2D eigenvalue weighted by Crippen LogP contribution is 2.29. The lowest BCUT2D eigenvalue weighted by Crippen LogP contribution is -2.39. The third kappa shape index (κ3) is 2.96. The normalized spacial score (nSPS) is 15.5. The predicted octanol–water partition coefficient (Wildman–Crippen LogP) is 3.32. The molecule has 2 unspecified atom stereocenters. The summed E-state index contributed by atoms with van der Waals surface area (Å²) >= 11 is 0. The Morgan fingerprint density at radius 1 is 1.30 bits per heavy atom. The van der Waals surface area contributed by atoms with Crippen LogP contribution in [0.15, 0.2) is 28.7 Å². The lowest BCUT2D eigenvalue weighted by Gasteiger charge is -2.18. The maximum atomic E-state index is 12.2. The van der Waals surface area contributed by atoms with E-state index in [0.717, 1.165) is 10.9 Å². The third-order valence-electron chi connectivity index (χ3n) is 3.27. The topological polar surface area (TPSA) is 45.4 Å². The number of aliphatic hydroxyl groups is 1. The number of fused-ring (bicyclic) bond motifs is 1. The number of nitrogens with one attached hydrogen (secondary N) is 1. The van der Waals surface area contributed by atoms with Gasteiger partial charge in [0.1, 0.15) is 11.3 Å². The summed E-state index contributed by atoms with van der Waals surface area (Å²) in [5.41, 5.74) is 1.59. The van der Waals surface area contributed by atoms with Crippen molar-refractivity contribution in [3.63, 3.8) is 0 Å². The molecule has 0 aliphatic heterocycles. The Labute approximate surface area is 114 Å². The second-order valence-corrected chi connectivity index (χ2v) is 4.77. The van der Waals surface area contributed by atoms with E-state index in [-0.39, 0.29) is 0 Å². The molecular weight excluding hydrogens is 271 g/mol. The summed E-state index contributed by atoms with van der Waals surface area (Å²) in [7, 11) is 0. The lowest BCUT2D eigenvalue weighted by atomic mass is 10.1. The Balaban J connectivity index is 2.12. The van der Waals surface area contributed by atoms with Crippen LogP contribution in [0.25, 0.3) is 11.0 Å². The number of benzene rings is 1. The van der Waals surface area contributed by atoms with Crippen molar-refractivity contribution < 1.29 is 22.7 Å². The molecule has 1 aromatic carbocycles. The molecule has 0 bridgehead atoms. The second-order valence-electron chi connectivity index (χ2n) is 4.77. The molecule has 20 heavy (non-hydrogen) atoms. The second kappa shape index (κ2) is 5.46. The van der Waals surface area contributed by atoms with Crippen LogP contribution < -0.4 is 5.32 Å². The Bertz CT molecular complexity index is 592. The minimum Gasteiger partial charge on any atom is -0.459 e. The fraction of sp³-hybridized carbons (Fsp3) is 0.429.